The van der Waals surface area contributed by atoms with Crippen LogP contribution in [0.15, 0.2) is 48.5 Å². The molecule has 7 nitrogen and oxygen atoms in total. The molecule has 2 amide bonds. The van der Waals surface area contributed by atoms with Gasteiger partial charge < -0.3 is 5.11 Å². The third kappa shape index (κ3) is 4.32. The van der Waals surface area contributed by atoms with Crippen molar-refractivity contribution in [2.45, 2.75) is 20.4 Å². The van der Waals surface area contributed by atoms with Gasteiger partial charge in [-0.1, -0.05) is 41.4 Å². The molecule has 144 valence electrons. The highest BCUT2D eigenvalue weighted by atomic mass is 35.5. The first-order chi connectivity index (χ1) is 13.3. The maximum Gasteiger partial charge on any atom is 0.274 e. The molecular formula is C20H19ClN4O3. The zero-order valence-corrected chi connectivity index (χ0v) is 16.1. The van der Waals surface area contributed by atoms with Gasteiger partial charge in [-0.25, -0.2) is 4.68 Å². The number of carbonyl (C=O) groups excluding carboxylic acids is 2. The number of carbonyl (C=O) groups is 2. The van der Waals surface area contributed by atoms with Crippen LogP contribution in [0, 0.1) is 13.8 Å². The maximum absolute atomic E-state index is 12.5. The minimum atomic E-state index is -0.565. The molecule has 0 saturated heterocycles. The van der Waals surface area contributed by atoms with Crippen LogP contribution in [-0.2, 0) is 6.54 Å². The third-order valence-corrected chi connectivity index (χ3v) is 4.55. The van der Waals surface area contributed by atoms with Crippen molar-refractivity contribution in [3.05, 3.63) is 81.6 Å². The Morgan fingerprint density at radius 1 is 1.00 bits per heavy atom. The summed E-state index contributed by atoms with van der Waals surface area (Å²) < 4.78 is 1.54. The third-order valence-electron chi connectivity index (χ3n) is 4.16. The van der Waals surface area contributed by atoms with Crippen LogP contribution >= 0.6 is 11.6 Å². The number of hydrazine groups is 1. The summed E-state index contributed by atoms with van der Waals surface area (Å²) in [4.78, 5) is 24.6. The monoisotopic (exact) mass is 398 g/mol. The number of aromatic nitrogens is 2. The van der Waals surface area contributed by atoms with E-state index in [2.05, 4.69) is 16.0 Å². The number of hydrogen-bond acceptors (Lipinski definition) is 4. The number of hydrogen-bond donors (Lipinski definition) is 3. The molecule has 0 bridgehead atoms. The maximum atomic E-state index is 12.5. The molecule has 1 heterocycles. The molecular weight excluding hydrogens is 380 g/mol. The van der Waals surface area contributed by atoms with Crippen LogP contribution in [0.4, 0.5) is 0 Å². The fourth-order valence-corrected chi connectivity index (χ4v) is 2.96. The van der Waals surface area contributed by atoms with Crippen LogP contribution in [-0.4, -0.2) is 26.7 Å². The van der Waals surface area contributed by atoms with E-state index in [4.69, 9.17) is 11.6 Å². The fourth-order valence-electron chi connectivity index (χ4n) is 2.64. The van der Waals surface area contributed by atoms with Gasteiger partial charge in [0.2, 0.25) is 0 Å². The van der Waals surface area contributed by atoms with Crippen molar-refractivity contribution in [3.8, 4) is 5.75 Å². The largest absolute Gasteiger partial charge is 0.508 e. The predicted octanol–water partition coefficient (Wildman–Crippen LogP) is 2.98. The normalized spacial score (nSPS) is 10.5. The Labute approximate surface area is 166 Å². The summed E-state index contributed by atoms with van der Waals surface area (Å²) in [5, 5.41) is 13.8. The number of halogens is 1. The van der Waals surface area contributed by atoms with Gasteiger partial charge in [0.05, 0.1) is 12.2 Å². The highest BCUT2D eigenvalue weighted by molar-refractivity contribution is 6.33. The van der Waals surface area contributed by atoms with Crippen molar-refractivity contribution in [2.75, 3.05) is 0 Å². The van der Waals surface area contributed by atoms with E-state index in [1.54, 1.807) is 6.92 Å². The molecule has 0 spiro atoms. The summed E-state index contributed by atoms with van der Waals surface area (Å²) in [7, 11) is 0. The van der Waals surface area contributed by atoms with Crippen LogP contribution in [0.5, 0.6) is 5.75 Å². The number of rotatable bonds is 4. The number of phenols is 1. The molecule has 0 aliphatic rings. The highest BCUT2D eigenvalue weighted by Gasteiger charge is 2.21. The summed E-state index contributed by atoms with van der Waals surface area (Å²) in [5.74, 6) is -1.04. The van der Waals surface area contributed by atoms with Crippen molar-refractivity contribution >= 4 is 23.4 Å². The van der Waals surface area contributed by atoms with Crippen LogP contribution in [0.25, 0.3) is 0 Å². The van der Waals surface area contributed by atoms with E-state index >= 15 is 0 Å². The number of nitrogens with zero attached hydrogens (tertiary/aromatic N) is 2. The number of aryl methyl sites for hydroxylation is 2. The second-order valence-corrected chi connectivity index (χ2v) is 6.71. The molecule has 1 aromatic heterocycles. The number of benzene rings is 2. The van der Waals surface area contributed by atoms with Crippen molar-refractivity contribution < 1.29 is 14.7 Å². The Kier molecular flexibility index (Phi) is 5.65. The SMILES string of the molecule is Cc1ccc(Cn2nc(C)c(C(=O)NNC(=O)c3ccc(O)cc3)c2Cl)cc1. The van der Waals surface area contributed by atoms with Gasteiger partial charge in [-0.15, -0.1) is 0 Å². The first kappa shape index (κ1) is 19.4. The summed E-state index contributed by atoms with van der Waals surface area (Å²) >= 11 is 6.35. The molecule has 0 aliphatic carbocycles. The molecule has 8 heteroatoms. The Morgan fingerprint density at radius 3 is 2.25 bits per heavy atom. The molecule has 3 rings (SSSR count). The van der Waals surface area contributed by atoms with E-state index in [0.29, 0.717) is 12.2 Å². The molecule has 0 aliphatic heterocycles. The van der Waals surface area contributed by atoms with E-state index in [1.807, 2.05) is 31.2 Å². The summed E-state index contributed by atoms with van der Waals surface area (Å²) in [6.45, 7) is 4.10. The van der Waals surface area contributed by atoms with Gasteiger partial charge in [-0.2, -0.15) is 5.10 Å². The predicted molar refractivity (Wildman–Crippen MR) is 105 cm³/mol. The molecule has 3 aromatic rings. The number of amides is 2. The molecule has 28 heavy (non-hydrogen) atoms. The van der Waals surface area contributed by atoms with E-state index < -0.39 is 11.8 Å². The number of aromatic hydroxyl groups is 1. The Morgan fingerprint density at radius 2 is 1.61 bits per heavy atom. The van der Waals surface area contributed by atoms with E-state index in [0.717, 1.165) is 11.1 Å². The van der Waals surface area contributed by atoms with E-state index in [9.17, 15) is 14.7 Å². The Bertz CT molecular complexity index is 1010. The van der Waals surface area contributed by atoms with Gasteiger partial charge in [-0.3, -0.25) is 20.4 Å². The lowest BCUT2D eigenvalue weighted by Crippen LogP contribution is -2.41. The molecule has 0 fully saturated rings. The van der Waals surface area contributed by atoms with E-state index in [1.165, 1.54) is 28.9 Å². The summed E-state index contributed by atoms with van der Waals surface area (Å²) in [6.07, 6.45) is 0. The van der Waals surface area contributed by atoms with Crippen LogP contribution in [0.3, 0.4) is 0 Å². The smallest absolute Gasteiger partial charge is 0.274 e. The number of phenolic OH excluding ortho intramolecular Hbond substituents is 1. The van der Waals surface area contributed by atoms with Crippen molar-refractivity contribution in [1.82, 2.24) is 20.6 Å². The first-order valence-corrected chi connectivity index (χ1v) is 8.91. The van der Waals surface area contributed by atoms with Crippen LogP contribution in [0.2, 0.25) is 5.15 Å². The zero-order valence-electron chi connectivity index (χ0n) is 15.4. The highest BCUT2D eigenvalue weighted by Crippen LogP contribution is 2.21. The topological polar surface area (TPSA) is 96.3 Å². The van der Waals surface area contributed by atoms with Crippen LogP contribution in [0.1, 0.15) is 37.5 Å². The van der Waals surface area contributed by atoms with Gasteiger partial charge in [0, 0.05) is 5.56 Å². The van der Waals surface area contributed by atoms with Crippen LogP contribution < -0.4 is 10.9 Å². The average Bonchev–Trinajstić information content (AvgIpc) is 2.95. The van der Waals surface area contributed by atoms with Gasteiger partial charge in [0.25, 0.3) is 11.8 Å². The lowest BCUT2D eigenvalue weighted by atomic mass is 10.1. The van der Waals surface area contributed by atoms with Gasteiger partial charge in [0.1, 0.15) is 16.5 Å². The molecule has 0 unspecified atom stereocenters. The molecule has 0 atom stereocenters. The average molecular weight is 399 g/mol. The Balaban J connectivity index is 1.69. The summed E-state index contributed by atoms with van der Waals surface area (Å²) in [5.41, 5.74) is 7.75. The van der Waals surface area contributed by atoms with Gasteiger partial charge in [0.15, 0.2) is 0 Å². The van der Waals surface area contributed by atoms with E-state index in [-0.39, 0.29) is 22.0 Å². The first-order valence-electron chi connectivity index (χ1n) is 8.53. The minimum Gasteiger partial charge on any atom is -0.508 e. The van der Waals surface area contributed by atoms with Crippen molar-refractivity contribution in [1.29, 1.82) is 0 Å². The van der Waals surface area contributed by atoms with Gasteiger partial charge in [-0.05, 0) is 43.7 Å². The second kappa shape index (κ2) is 8.14. The minimum absolute atomic E-state index is 0.0454. The Hall–Kier alpha value is -3.32. The molecule has 0 saturated carbocycles. The fraction of sp³-hybridized carbons (Fsp3) is 0.150. The molecule has 2 aromatic carbocycles. The quantitative estimate of drug-likeness (QED) is 0.588. The lowest BCUT2D eigenvalue weighted by Gasteiger charge is -2.08. The van der Waals surface area contributed by atoms with Crippen molar-refractivity contribution in [2.24, 2.45) is 0 Å². The second-order valence-electron chi connectivity index (χ2n) is 6.35. The number of nitrogens with one attached hydrogen (secondary N) is 2. The molecule has 0 radical (unpaired) electrons. The summed E-state index contributed by atoms with van der Waals surface area (Å²) in [6, 6.07) is 13.6. The van der Waals surface area contributed by atoms with Gasteiger partial charge >= 0.3 is 0 Å². The standard InChI is InChI=1S/C20H19ClN4O3/c1-12-3-5-14(6-4-12)11-25-18(21)17(13(2)24-25)20(28)23-22-19(27)15-7-9-16(26)10-8-15/h3-10,26H,11H2,1-2H3,(H,22,27)(H,23,28). The molecule has 3 N–H and O–H groups in total. The zero-order chi connectivity index (χ0) is 20.3. The van der Waals surface area contributed by atoms with Crippen molar-refractivity contribution in [3.63, 3.8) is 0 Å². The lowest BCUT2D eigenvalue weighted by molar-refractivity contribution is 0.0846.